The Kier molecular flexibility index (Phi) is 5.76. The summed E-state index contributed by atoms with van der Waals surface area (Å²) in [6.45, 7) is 1.90. The van der Waals surface area contributed by atoms with Gasteiger partial charge in [-0.25, -0.2) is 8.42 Å². The molecule has 2 aromatic carbocycles. The van der Waals surface area contributed by atoms with Crippen LogP contribution in [0.1, 0.15) is 18.4 Å². The van der Waals surface area contributed by atoms with E-state index in [1.54, 1.807) is 24.3 Å². The molecule has 0 spiro atoms. The summed E-state index contributed by atoms with van der Waals surface area (Å²) in [6.07, 6.45) is -0.479. The molecule has 0 saturated heterocycles. The molecule has 132 valence electrons. The van der Waals surface area contributed by atoms with E-state index in [1.165, 1.54) is 24.3 Å². The number of aliphatic carboxylic acids is 1. The van der Waals surface area contributed by atoms with Crippen LogP contribution in [0.25, 0.3) is 0 Å². The highest BCUT2D eigenvalue weighted by molar-refractivity contribution is 7.92. The zero-order valence-corrected chi connectivity index (χ0v) is 14.3. The number of nitrogens with one attached hydrogen (secondary N) is 2. The van der Waals surface area contributed by atoms with Crippen LogP contribution in [-0.2, 0) is 19.6 Å². The number of aryl methyl sites for hydroxylation is 1. The molecule has 1 amide bonds. The lowest BCUT2D eigenvalue weighted by Gasteiger charge is -2.10. The fraction of sp³-hybridized carbons (Fsp3) is 0.176. The molecular formula is C17H18N2O5S. The summed E-state index contributed by atoms with van der Waals surface area (Å²) >= 11 is 0. The van der Waals surface area contributed by atoms with Gasteiger partial charge in [-0.2, -0.15) is 0 Å². The summed E-state index contributed by atoms with van der Waals surface area (Å²) in [5.41, 5.74) is 1.72. The van der Waals surface area contributed by atoms with Gasteiger partial charge in [0, 0.05) is 17.8 Å². The zero-order valence-electron chi connectivity index (χ0n) is 13.5. The maximum Gasteiger partial charge on any atom is 0.303 e. The van der Waals surface area contributed by atoms with Gasteiger partial charge >= 0.3 is 5.97 Å². The number of rotatable bonds is 7. The molecule has 0 atom stereocenters. The van der Waals surface area contributed by atoms with Crippen molar-refractivity contribution in [2.24, 2.45) is 0 Å². The molecule has 0 aliphatic heterocycles. The van der Waals surface area contributed by atoms with Gasteiger partial charge < -0.3 is 10.4 Å². The number of sulfonamides is 1. The number of amides is 1. The highest BCUT2D eigenvalue weighted by Gasteiger charge is 2.15. The van der Waals surface area contributed by atoms with Gasteiger partial charge in [-0.15, -0.1) is 0 Å². The molecule has 7 nitrogen and oxygen atoms in total. The first-order valence-electron chi connectivity index (χ1n) is 7.47. The molecule has 3 N–H and O–H groups in total. The van der Waals surface area contributed by atoms with Crippen LogP contribution in [0.3, 0.4) is 0 Å². The molecule has 25 heavy (non-hydrogen) atoms. The number of carboxylic acid groups (broad SMARTS) is 1. The summed E-state index contributed by atoms with van der Waals surface area (Å²) in [5.74, 6) is -1.57. The molecular weight excluding hydrogens is 344 g/mol. The Morgan fingerprint density at radius 2 is 1.68 bits per heavy atom. The van der Waals surface area contributed by atoms with Crippen LogP contribution in [0.15, 0.2) is 53.4 Å². The predicted molar refractivity (Wildman–Crippen MR) is 93.9 cm³/mol. The summed E-state index contributed by atoms with van der Waals surface area (Å²) in [6, 6.07) is 12.6. The minimum Gasteiger partial charge on any atom is -0.481 e. The highest BCUT2D eigenvalue weighted by Crippen LogP contribution is 2.19. The molecule has 0 saturated carbocycles. The standard InChI is InChI=1S/C17H18N2O5S/c1-12-5-7-13(8-6-12)19-25(23,24)15-4-2-3-14(11-15)18-16(20)9-10-17(21)22/h2-8,11,19H,9-10H2,1H3,(H,18,20)(H,21,22). The Balaban J connectivity index is 2.12. The second kappa shape index (κ2) is 7.80. The first-order chi connectivity index (χ1) is 11.8. The summed E-state index contributed by atoms with van der Waals surface area (Å²) in [5, 5.41) is 11.1. The molecule has 2 rings (SSSR count). The van der Waals surface area contributed by atoms with Gasteiger partial charge in [-0.1, -0.05) is 23.8 Å². The van der Waals surface area contributed by atoms with Gasteiger partial charge in [0.25, 0.3) is 10.0 Å². The Hall–Kier alpha value is -2.87. The second-order valence-corrected chi connectivity index (χ2v) is 7.12. The number of anilines is 2. The topological polar surface area (TPSA) is 113 Å². The number of carbonyl (C=O) groups excluding carboxylic acids is 1. The molecule has 2 aromatic rings. The highest BCUT2D eigenvalue weighted by atomic mass is 32.2. The first-order valence-corrected chi connectivity index (χ1v) is 8.96. The van der Waals surface area contributed by atoms with Gasteiger partial charge in [0.1, 0.15) is 0 Å². The third-order valence-electron chi connectivity index (χ3n) is 3.30. The third-order valence-corrected chi connectivity index (χ3v) is 4.68. The lowest BCUT2D eigenvalue weighted by Crippen LogP contribution is -2.15. The number of hydrogen-bond acceptors (Lipinski definition) is 4. The van der Waals surface area contributed by atoms with E-state index in [1.807, 2.05) is 6.92 Å². The van der Waals surface area contributed by atoms with E-state index >= 15 is 0 Å². The maximum atomic E-state index is 12.4. The van der Waals surface area contributed by atoms with Crippen molar-refractivity contribution in [3.05, 3.63) is 54.1 Å². The van der Waals surface area contributed by atoms with Crippen LogP contribution in [0.4, 0.5) is 11.4 Å². The van der Waals surface area contributed by atoms with Crippen molar-refractivity contribution in [3.63, 3.8) is 0 Å². The third kappa shape index (κ3) is 5.61. The van der Waals surface area contributed by atoms with Crippen molar-refractivity contribution in [2.75, 3.05) is 10.0 Å². The van der Waals surface area contributed by atoms with E-state index in [2.05, 4.69) is 10.0 Å². The minimum absolute atomic E-state index is 0.0101. The molecule has 0 heterocycles. The van der Waals surface area contributed by atoms with Crippen molar-refractivity contribution in [2.45, 2.75) is 24.7 Å². The predicted octanol–water partition coefficient (Wildman–Crippen LogP) is 2.60. The molecule has 8 heteroatoms. The molecule has 0 aromatic heterocycles. The summed E-state index contributed by atoms with van der Waals surface area (Å²) in [7, 11) is -3.81. The van der Waals surface area contributed by atoms with E-state index in [-0.39, 0.29) is 23.4 Å². The Morgan fingerprint density at radius 1 is 1.00 bits per heavy atom. The molecule has 0 unspecified atom stereocenters. The van der Waals surface area contributed by atoms with Crippen LogP contribution in [0.2, 0.25) is 0 Å². The normalized spacial score (nSPS) is 10.9. The molecule has 0 fully saturated rings. The number of benzene rings is 2. The lowest BCUT2D eigenvalue weighted by molar-refractivity contribution is -0.138. The Bertz CT molecular complexity index is 876. The van der Waals surface area contributed by atoms with Crippen molar-refractivity contribution in [1.82, 2.24) is 0 Å². The van der Waals surface area contributed by atoms with E-state index in [4.69, 9.17) is 5.11 Å². The average molecular weight is 362 g/mol. The average Bonchev–Trinajstić information content (AvgIpc) is 2.55. The van der Waals surface area contributed by atoms with Crippen LogP contribution in [-0.4, -0.2) is 25.4 Å². The van der Waals surface area contributed by atoms with E-state index in [0.717, 1.165) is 5.56 Å². The largest absolute Gasteiger partial charge is 0.481 e. The Morgan fingerprint density at radius 3 is 2.32 bits per heavy atom. The van der Waals surface area contributed by atoms with Crippen LogP contribution in [0.5, 0.6) is 0 Å². The van der Waals surface area contributed by atoms with Crippen LogP contribution >= 0.6 is 0 Å². The zero-order chi connectivity index (χ0) is 18.4. The van der Waals surface area contributed by atoms with Crippen molar-refractivity contribution >= 4 is 33.3 Å². The van der Waals surface area contributed by atoms with E-state index in [9.17, 15) is 18.0 Å². The SMILES string of the molecule is Cc1ccc(NS(=O)(=O)c2cccc(NC(=O)CCC(=O)O)c2)cc1. The lowest BCUT2D eigenvalue weighted by atomic mass is 10.2. The summed E-state index contributed by atoms with van der Waals surface area (Å²) in [4.78, 5) is 22.1. The molecule has 0 bridgehead atoms. The van der Waals surface area contributed by atoms with E-state index < -0.39 is 21.9 Å². The van der Waals surface area contributed by atoms with Crippen molar-refractivity contribution < 1.29 is 23.1 Å². The quantitative estimate of drug-likeness (QED) is 0.701. The molecule has 0 aliphatic rings. The first kappa shape index (κ1) is 18.5. The van der Waals surface area contributed by atoms with Crippen LogP contribution in [0, 0.1) is 6.92 Å². The minimum atomic E-state index is -3.81. The van der Waals surface area contributed by atoms with Crippen molar-refractivity contribution in [3.8, 4) is 0 Å². The van der Waals surface area contributed by atoms with Crippen LogP contribution < -0.4 is 10.0 Å². The van der Waals surface area contributed by atoms with Gasteiger partial charge in [0.05, 0.1) is 11.3 Å². The maximum absolute atomic E-state index is 12.4. The second-order valence-electron chi connectivity index (χ2n) is 5.44. The van der Waals surface area contributed by atoms with Gasteiger partial charge in [-0.05, 0) is 37.3 Å². The molecule has 0 radical (unpaired) electrons. The van der Waals surface area contributed by atoms with Crippen molar-refractivity contribution in [1.29, 1.82) is 0 Å². The monoisotopic (exact) mass is 362 g/mol. The Labute approximate surface area is 145 Å². The number of carboxylic acids is 1. The van der Waals surface area contributed by atoms with Gasteiger partial charge in [-0.3, -0.25) is 14.3 Å². The number of hydrogen-bond donors (Lipinski definition) is 3. The fourth-order valence-electron chi connectivity index (χ4n) is 2.02. The van der Waals surface area contributed by atoms with Gasteiger partial charge in [0.15, 0.2) is 0 Å². The molecule has 0 aliphatic carbocycles. The van der Waals surface area contributed by atoms with Gasteiger partial charge in [0.2, 0.25) is 5.91 Å². The number of carbonyl (C=O) groups is 2. The fourth-order valence-corrected chi connectivity index (χ4v) is 3.12. The smallest absolute Gasteiger partial charge is 0.303 e. The summed E-state index contributed by atoms with van der Waals surface area (Å²) < 4.78 is 27.3. The van der Waals surface area contributed by atoms with E-state index in [0.29, 0.717) is 5.69 Å².